The van der Waals surface area contributed by atoms with Crippen LogP contribution >= 0.6 is 0 Å². The van der Waals surface area contributed by atoms with Crippen molar-refractivity contribution in [2.45, 2.75) is 124 Å². The van der Waals surface area contributed by atoms with Gasteiger partial charge in [-0.1, -0.05) is 19.8 Å². The van der Waals surface area contributed by atoms with E-state index in [1.165, 1.54) is 0 Å². The van der Waals surface area contributed by atoms with E-state index in [0.29, 0.717) is 0 Å². The number of rotatable bonds is 15. The van der Waals surface area contributed by atoms with Crippen LogP contribution in [0, 0.1) is 0 Å². The normalized spacial score (nSPS) is 15.4. The predicted molar refractivity (Wildman–Crippen MR) is 154 cm³/mol. The summed E-state index contributed by atoms with van der Waals surface area (Å²) in [5.74, 6) is 0. The third-order valence-corrected chi connectivity index (χ3v) is 27.2. The maximum absolute atomic E-state index is 6.99. The topological polar surface area (TPSA) is 55.4 Å². The zero-order valence-electron chi connectivity index (χ0n) is 24.1. The highest BCUT2D eigenvalue weighted by molar-refractivity contribution is 6.92. The molecule has 0 saturated heterocycles. The van der Waals surface area contributed by atoms with E-state index in [4.69, 9.17) is 24.7 Å². The van der Waals surface area contributed by atoms with Gasteiger partial charge in [0.1, 0.15) is 0 Å². The van der Waals surface area contributed by atoms with E-state index in [0.717, 1.165) is 18.9 Å². The first-order chi connectivity index (χ1) is 13.8. The molecule has 0 amide bonds. The molecule has 194 valence electrons. The van der Waals surface area contributed by atoms with Gasteiger partial charge in [-0.2, -0.15) is 0 Å². The first kappa shape index (κ1) is 33.3. The Bertz CT molecular complexity index is 503. The van der Waals surface area contributed by atoms with Crippen molar-refractivity contribution in [1.82, 2.24) is 0 Å². The van der Waals surface area contributed by atoms with E-state index >= 15 is 0 Å². The molecule has 0 aliphatic heterocycles. The Kier molecular flexibility index (Phi) is 12.0. The average Bonchev–Trinajstić information content (AvgIpc) is 2.34. The van der Waals surface area contributed by atoms with Crippen molar-refractivity contribution in [2.75, 3.05) is 0 Å². The highest BCUT2D eigenvalue weighted by Gasteiger charge is 2.54. The van der Waals surface area contributed by atoms with Crippen LogP contribution in [0.3, 0.4) is 0 Å². The van der Waals surface area contributed by atoms with Gasteiger partial charge in [-0.3, -0.25) is 0 Å². The fourth-order valence-corrected chi connectivity index (χ4v) is 33.4. The van der Waals surface area contributed by atoms with Gasteiger partial charge in [0, 0.05) is 13.1 Å². The average molecular weight is 575 g/mol. The molecule has 0 fully saturated rings. The molecule has 0 saturated carbocycles. The highest BCUT2D eigenvalue weighted by atomic mass is 28.5. The Morgan fingerprint density at radius 1 is 0.406 bits per heavy atom. The van der Waals surface area contributed by atoms with Gasteiger partial charge in [-0.05, 0) is 91.2 Å². The Labute approximate surface area is 207 Å². The third kappa shape index (κ3) is 16.0. The summed E-state index contributed by atoms with van der Waals surface area (Å²) >= 11 is 0. The standard InChI is InChI=1S/C19H54O6Si7/c1-17-18-19-30(14,24-31(15,20-26(2,3)4)21-27(5,6)7)25-32(16,22-28(8,9)10)23-29(11,12)13/h17-19H2,1-16H3. The molecule has 0 aliphatic carbocycles. The van der Waals surface area contributed by atoms with Crippen LogP contribution < -0.4 is 0 Å². The van der Waals surface area contributed by atoms with E-state index in [-0.39, 0.29) is 0 Å². The molecule has 0 rings (SSSR count). The van der Waals surface area contributed by atoms with E-state index < -0.39 is 59.4 Å². The summed E-state index contributed by atoms with van der Waals surface area (Å²) in [5.41, 5.74) is 0. The first-order valence-electron chi connectivity index (χ1n) is 12.0. The zero-order valence-corrected chi connectivity index (χ0v) is 31.1. The van der Waals surface area contributed by atoms with Crippen LogP contribution in [0.2, 0.25) is 104 Å². The van der Waals surface area contributed by atoms with Gasteiger partial charge in [0.05, 0.1) is 0 Å². The summed E-state index contributed by atoms with van der Waals surface area (Å²) in [6.45, 7) is 34.9. The van der Waals surface area contributed by atoms with Crippen molar-refractivity contribution in [3.05, 3.63) is 0 Å². The molecule has 0 bridgehead atoms. The second-order valence-electron chi connectivity index (χ2n) is 13.0. The minimum absolute atomic E-state index is 0.878. The molecule has 0 heterocycles. The summed E-state index contributed by atoms with van der Waals surface area (Å²) in [6.07, 6.45) is 2.12. The molecule has 0 spiro atoms. The van der Waals surface area contributed by atoms with Gasteiger partial charge < -0.3 is 24.7 Å². The minimum atomic E-state index is -2.93. The summed E-state index contributed by atoms with van der Waals surface area (Å²) < 4.78 is 40.7. The largest absolute Gasteiger partial charge is 0.467 e. The van der Waals surface area contributed by atoms with Gasteiger partial charge in [-0.25, -0.2) is 0 Å². The maximum Gasteiger partial charge on any atom is 0.467 e. The van der Waals surface area contributed by atoms with Crippen LogP contribution in [0.5, 0.6) is 0 Å². The lowest BCUT2D eigenvalue weighted by atomic mass is 10.4. The lowest BCUT2D eigenvalue weighted by Crippen LogP contribution is -2.65. The van der Waals surface area contributed by atoms with E-state index in [1.807, 2.05) is 0 Å². The molecule has 0 unspecified atom stereocenters. The highest BCUT2D eigenvalue weighted by Crippen LogP contribution is 2.33. The Hall–Kier alpha value is 1.28. The molecule has 0 radical (unpaired) electrons. The summed E-state index contributed by atoms with van der Waals surface area (Å²) in [6, 6.07) is 0.878. The number of unbranched alkanes of at least 4 members (excludes halogenated alkanes) is 1. The number of hydrogen-bond donors (Lipinski definition) is 0. The fourth-order valence-electron chi connectivity index (χ4n) is 3.75. The first-order valence-corrected chi connectivity index (χ1v) is 32.6. The van der Waals surface area contributed by atoms with Crippen molar-refractivity contribution in [3.8, 4) is 0 Å². The molecule has 0 aromatic heterocycles. The van der Waals surface area contributed by atoms with Crippen LogP contribution in [0.1, 0.15) is 19.8 Å². The van der Waals surface area contributed by atoms with Crippen molar-refractivity contribution in [2.24, 2.45) is 0 Å². The van der Waals surface area contributed by atoms with E-state index in [1.54, 1.807) is 0 Å². The second-order valence-corrected chi connectivity index (χ2v) is 41.0. The second kappa shape index (κ2) is 11.6. The summed E-state index contributed by atoms with van der Waals surface area (Å²) in [5, 5.41) is 0. The van der Waals surface area contributed by atoms with Gasteiger partial charge in [-0.15, -0.1) is 0 Å². The third-order valence-electron chi connectivity index (χ3n) is 3.75. The van der Waals surface area contributed by atoms with Gasteiger partial charge >= 0.3 is 26.2 Å². The monoisotopic (exact) mass is 574 g/mol. The molecule has 6 nitrogen and oxygen atoms in total. The molecule has 13 heteroatoms. The van der Waals surface area contributed by atoms with Crippen molar-refractivity contribution in [1.29, 1.82) is 0 Å². The molecule has 32 heavy (non-hydrogen) atoms. The fraction of sp³-hybridized carbons (Fsp3) is 1.00. The van der Waals surface area contributed by atoms with Crippen LogP contribution in [-0.2, 0) is 24.7 Å². The van der Waals surface area contributed by atoms with Crippen LogP contribution in [0.15, 0.2) is 0 Å². The smallest absolute Gasteiger partial charge is 0.417 e. The molecular weight excluding hydrogens is 521 g/mol. The minimum Gasteiger partial charge on any atom is -0.417 e. The lowest BCUT2D eigenvalue weighted by Gasteiger charge is -2.46. The Morgan fingerprint density at radius 2 is 0.656 bits per heavy atom. The van der Waals surface area contributed by atoms with Crippen molar-refractivity contribution < 1.29 is 24.7 Å². The molecular formula is C19H54O6Si7. The SMILES string of the molecule is CCCC[Si](C)(O[Si](C)(O[Si](C)(C)C)O[Si](C)(C)C)O[Si](C)(O[Si](C)(C)C)O[Si](C)(C)C. The van der Waals surface area contributed by atoms with Crippen LogP contribution in [-0.4, -0.2) is 59.4 Å². The summed E-state index contributed by atoms with van der Waals surface area (Å²) in [7, 11) is -16.2. The van der Waals surface area contributed by atoms with E-state index in [9.17, 15) is 0 Å². The quantitative estimate of drug-likeness (QED) is 0.189. The zero-order chi connectivity index (χ0) is 25.9. The van der Waals surface area contributed by atoms with Crippen LogP contribution in [0.25, 0.3) is 0 Å². The molecule has 0 aliphatic rings. The van der Waals surface area contributed by atoms with Crippen LogP contribution in [0.4, 0.5) is 0 Å². The van der Waals surface area contributed by atoms with Crippen molar-refractivity contribution in [3.63, 3.8) is 0 Å². The molecule has 0 atom stereocenters. The number of hydrogen-bond acceptors (Lipinski definition) is 6. The van der Waals surface area contributed by atoms with Gasteiger partial charge in [0.15, 0.2) is 33.3 Å². The Morgan fingerprint density at radius 3 is 0.844 bits per heavy atom. The molecule has 0 aromatic rings. The maximum atomic E-state index is 6.99. The Balaban J connectivity index is 6.25. The molecule has 0 aromatic carbocycles. The van der Waals surface area contributed by atoms with Crippen molar-refractivity contribution >= 4 is 59.4 Å². The molecule has 0 N–H and O–H groups in total. The van der Waals surface area contributed by atoms with Gasteiger partial charge in [0.2, 0.25) is 0 Å². The van der Waals surface area contributed by atoms with E-state index in [2.05, 4.69) is 105 Å². The lowest BCUT2D eigenvalue weighted by molar-refractivity contribution is 0.195. The van der Waals surface area contributed by atoms with Gasteiger partial charge in [0.25, 0.3) is 0 Å². The predicted octanol–water partition coefficient (Wildman–Crippen LogP) is 7.44. The summed E-state index contributed by atoms with van der Waals surface area (Å²) in [4.78, 5) is 0.